The summed E-state index contributed by atoms with van der Waals surface area (Å²) in [5, 5.41) is 3.65. The summed E-state index contributed by atoms with van der Waals surface area (Å²) in [4.78, 5) is 2.51. The van der Waals surface area contributed by atoms with Gasteiger partial charge >= 0.3 is 0 Å². The first-order valence-electron chi connectivity index (χ1n) is 6.68. The zero-order chi connectivity index (χ0) is 11.1. The van der Waals surface area contributed by atoms with Crippen molar-refractivity contribution >= 4 is 0 Å². The van der Waals surface area contributed by atoms with E-state index in [0.29, 0.717) is 6.04 Å². The SMILES string of the molecule is CCCNC(CCC)CN(C)CC1CC1. The van der Waals surface area contributed by atoms with E-state index in [1.807, 2.05) is 0 Å². The third-order valence-corrected chi connectivity index (χ3v) is 3.12. The second-order valence-corrected chi connectivity index (χ2v) is 5.10. The summed E-state index contributed by atoms with van der Waals surface area (Å²) >= 11 is 0. The topological polar surface area (TPSA) is 15.3 Å². The minimum absolute atomic E-state index is 0.707. The smallest absolute Gasteiger partial charge is 0.0194 e. The van der Waals surface area contributed by atoms with Crippen LogP contribution in [0.5, 0.6) is 0 Å². The lowest BCUT2D eigenvalue weighted by Gasteiger charge is -2.24. The van der Waals surface area contributed by atoms with E-state index in [2.05, 4.69) is 31.1 Å². The molecule has 0 spiro atoms. The molecule has 1 fully saturated rings. The summed E-state index contributed by atoms with van der Waals surface area (Å²) in [5.74, 6) is 1.02. The van der Waals surface area contributed by atoms with Crippen LogP contribution >= 0.6 is 0 Å². The molecule has 0 aromatic carbocycles. The first kappa shape index (κ1) is 13.0. The first-order valence-corrected chi connectivity index (χ1v) is 6.68. The summed E-state index contributed by atoms with van der Waals surface area (Å²) in [5.41, 5.74) is 0. The van der Waals surface area contributed by atoms with Crippen molar-refractivity contribution in [2.45, 2.75) is 52.0 Å². The molecule has 1 aliphatic carbocycles. The van der Waals surface area contributed by atoms with E-state index in [1.165, 1.54) is 51.7 Å². The third-order valence-electron chi connectivity index (χ3n) is 3.12. The molecule has 0 radical (unpaired) electrons. The molecule has 0 heterocycles. The highest BCUT2D eigenvalue weighted by atomic mass is 15.1. The molecule has 1 N–H and O–H groups in total. The Bertz CT molecular complexity index is 155. The molecule has 2 heteroatoms. The molecule has 0 aliphatic heterocycles. The van der Waals surface area contributed by atoms with E-state index in [1.54, 1.807) is 0 Å². The lowest BCUT2D eigenvalue weighted by Crippen LogP contribution is -2.40. The second-order valence-electron chi connectivity index (χ2n) is 5.10. The molecule has 1 saturated carbocycles. The van der Waals surface area contributed by atoms with Gasteiger partial charge in [0.2, 0.25) is 0 Å². The highest BCUT2D eigenvalue weighted by Crippen LogP contribution is 2.29. The maximum Gasteiger partial charge on any atom is 0.0194 e. The van der Waals surface area contributed by atoms with Gasteiger partial charge in [-0.15, -0.1) is 0 Å². The molecule has 1 unspecified atom stereocenters. The average molecular weight is 212 g/mol. The molecule has 0 aromatic rings. The van der Waals surface area contributed by atoms with Gasteiger partial charge in [-0.25, -0.2) is 0 Å². The van der Waals surface area contributed by atoms with Crippen molar-refractivity contribution in [1.82, 2.24) is 10.2 Å². The molecule has 2 nitrogen and oxygen atoms in total. The Kier molecular flexibility index (Phi) is 6.26. The molecule has 0 bridgehead atoms. The number of likely N-dealkylation sites (N-methyl/N-ethyl adjacent to an activating group) is 1. The van der Waals surface area contributed by atoms with Crippen molar-refractivity contribution in [2.75, 3.05) is 26.7 Å². The van der Waals surface area contributed by atoms with E-state index in [9.17, 15) is 0 Å². The Labute approximate surface area is 95.4 Å². The van der Waals surface area contributed by atoms with Crippen LogP contribution in [0.3, 0.4) is 0 Å². The van der Waals surface area contributed by atoms with Crippen LogP contribution in [0, 0.1) is 5.92 Å². The van der Waals surface area contributed by atoms with Gasteiger partial charge in [-0.05, 0) is 45.2 Å². The van der Waals surface area contributed by atoms with Gasteiger partial charge in [-0.3, -0.25) is 0 Å². The lowest BCUT2D eigenvalue weighted by molar-refractivity contribution is 0.271. The van der Waals surface area contributed by atoms with E-state index in [-0.39, 0.29) is 0 Å². The molecule has 1 atom stereocenters. The lowest BCUT2D eigenvalue weighted by atomic mass is 10.1. The molecule has 0 aromatic heterocycles. The molecule has 1 rings (SSSR count). The van der Waals surface area contributed by atoms with Crippen molar-refractivity contribution in [3.8, 4) is 0 Å². The predicted molar refractivity (Wildman–Crippen MR) is 67.2 cm³/mol. The monoisotopic (exact) mass is 212 g/mol. The van der Waals surface area contributed by atoms with Crippen LogP contribution in [0.4, 0.5) is 0 Å². The number of hydrogen-bond donors (Lipinski definition) is 1. The van der Waals surface area contributed by atoms with Gasteiger partial charge < -0.3 is 10.2 Å². The summed E-state index contributed by atoms with van der Waals surface area (Å²) in [6, 6.07) is 0.707. The van der Waals surface area contributed by atoms with Crippen LogP contribution in [-0.4, -0.2) is 37.6 Å². The number of nitrogens with zero attached hydrogens (tertiary/aromatic N) is 1. The first-order chi connectivity index (χ1) is 7.26. The Morgan fingerprint density at radius 1 is 1.27 bits per heavy atom. The normalized spacial score (nSPS) is 18.4. The number of nitrogens with one attached hydrogen (secondary N) is 1. The fourth-order valence-electron chi connectivity index (χ4n) is 2.15. The van der Waals surface area contributed by atoms with Crippen molar-refractivity contribution in [1.29, 1.82) is 0 Å². The fourth-order valence-corrected chi connectivity index (χ4v) is 2.15. The van der Waals surface area contributed by atoms with Crippen molar-refractivity contribution in [3.63, 3.8) is 0 Å². The summed E-state index contributed by atoms with van der Waals surface area (Å²) < 4.78 is 0. The molecule has 1 aliphatic rings. The quantitative estimate of drug-likeness (QED) is 0.632. The fraction of sp³-hybridized carbons (Fsp3) is 1.00. The third kappa shape index (κ3) is 6.16. The van der Waals surface area contributed by atoms with Gasteiger partial charge in [0.1, 0.15) is 0 Å². The number of rotatable bonds is 9. The van der Waals surface area contributed by atoms with Crippen LogP contribution in [0.2, 0.25) is 0 Å². The summed E-state index contributed by atoms with van der Waals surface area (Å²) in [6.45, 7) is 8.23. The number of hydrogen-bond acceptors (Lipinski definition) is 2. The van der Waals surface area contributed by atoms with Gasteiger partial charge in [0, 0.05) is 19.1 Å². The summed E-state index contributed by atoms with van der Waals surface area (Å²) in [6.07, 6.45) is 6.77. The summed E-state index contributed by atoms with van der Waals surface area (Å²) in [7, 11) is 2.27. The van der Waals surface area contributed by atoms with Crippen LogP contribution in [0.25, 0.3) is 0 Å². The molecular weight excluding hydrogens is 184 g/mol. The zero-order valence-corrected chi connectivity index (χ0v) is 10.8. The van der Waals surface area contributed by atoms with Crippen molar-refractivity contribution < 1.29 is 0 Å². The highest BCUT2D eigenvalue weighted by molar-refractivity contribution is 4.78. The molecule has 15 heavy (non-hydrogen) atoms. The molecule has 0 saturated heterocycles. The van der Waals surface area contributed by atoms with Crippen LogP contribution in [0.1, 0.15) is 46.0 Å². The second kappa shape index (κ2) is 7.24. The molecule has 90 valence electrons. The Morgan fingerprint density at radius 2 is 2.00 bits per heavy atom. The maximum absolute atomic E-state index is 3.65. The van der Waals surface area contributed by atoms with Crippen LogP contribution in [-0.2, 0) is 0 Å². The van der Waals surface area contributed by atoms with E-state index < -0.39 is 0 Å². The average Bonchev–Trinajstić information content (AvgIpc) is 2.98. The van der Waals surface area contributed by atoms with E-state index in [4.69, 9.17) is 0 Å². The Hall–Kier alpha value is -0.0800. The van der Waals surface area contributed by atoms with Gasteiger partial charge in [0.25, 0.3) is 0 Å². The van der Waals surface area contributed by atoms with Gasteiger partial charge in [-0.2, -0.15) is 0 Å². The minimum Gasteiger partial charge on any atom is -0.313 e. The van der Waals surface area contributed by atoms with E-state index >= 15 is 0 Å². The van der Waals surface area contributed by atoms with Crippen LogP contribution in [0.15, 0.2) is 0 Å². The standard InChI is InChI=1S/C13H28N2/c1-4-6-13(14-9-5-2)11-15(3)10-12-7-8-12/h12-14H,4-11H2,1-3H3. The maximum atomic E-state index is 3.65. The Balaban J connectivity index is 2.14. The van der Waals surface area contributed by atoms with Crippen molar-refractivity contribution in [2.24, 2.45) is 5.92 Å². The van der Waals surface area contributed by atoms with Gasteiger partial charge in [0.15, 0.2) is 0 Å². The van der Waals surface area contributed by atoms with E-state index in [0.717, 1.165) is 5.92 Å². The Morgan fingerprint density at radius 3 is 2.53 bits per heavy atom. The predicted octanol–water partition coefficient (Wildman–Crippen LogP) is 2.50. The van der Waals surface area contributed by atoms with Crippen LogP contribution < -0.4 is 5.32 Å². The molecular formula is C13H28N2. The molecule has 0 amide bonds. The van der Waals surface area contributed by atoms with Gasteiger partial charge in [-0.1, -0.05) is 20.3 Å². The van der Waals surface area contributed by atoms with Crippen molar-refractivity contribution in [3.05, 3.63) is 0 Å². The minimum atomic E-state index is 0.707. The highest BCUT2D eigenvalue weighted by Gasteiger charge is 2.23. The largest absolute Gasteiger partial charge is 0.313 e. The van der Waals surface area contributed by atoms with Gasteiger partial charge in [0.05, 0.1) is 0 Å². The zero-order valence-electron chi connectivity index (χ0n) is 10.8.